The summed E-state index contributed by atoms with van der Waals surface area (Å²) in [5, 5.41) is 2.88. The number of hydrogen-bond donors (Lipinski definition) is 1. The van der Waals surface area contributed by atoms with E-state index in [1.165, 1.54) is 5.56 Å². The number of benzene rings is 3. The Morgan fingerprint density at radius 2 is 1.49 bits per heavy atom. The zero-order valence-electron chi connectivity index (χ0n) is 20.7. The largest absolute Gasteiger partial charge is 0.484 e. The Morgan fingerprint density at radius 1 is 0.857 bits per heavy atom. The number of piperazine rings is 1. The quantitative estimate of drug-likeness (QED) is 0.535. The second-order valence-electron chi connectivity index (χ2n) is 9.04. The van der Waals surface area contributed by atoms with Gasteiger partial charge in [0, 0.05) is 43.1 Å². The Balaban J connectivity index is 1.25. The van der Waals surface area contributed by atoms with Crippen molar-refractivity contribution in [1.29, 1.82) is 0 Å². The van der Waals surface area contributed by atoms with Crippen molar-refractivity contribution < 1.29 is 14.3 Å². The predicted octanol–water partition coefficient (Wildman–Crippen LogP) is 4.85. The van der Waals surface area contributed by atoms with Crippen molar-refractivity contribution in [3.63, 3.8) is 0 Å². The van der Waals surface area contributed by atoms with E-state index in [2.05, 4.69) is 23.2 Å². The summed E-state index contributed by atoms with van der Waals surface area (Å²) >= 11 is 0. The van der Waals surface area contributed by atoms with Crippen molar-refractivity contribution in [2.75, 3.05) is 43.0 Å². The molecule has 6 nitrogen and oxygen atoms in total. The van der Waals surface area contributed by atoms with Crippen molar-refractivity contribution in [2.24, 2.45) is 0 Å². The van der Waals surface area contributed by atoms with Crippen LogP contribution in [0.5, 0.6) is 5.75 Å². The highest BCUT2D eigenvalue weighted by Crippen LogP contribution is 2.21. The van der Waals surface area contributed by atoms with E-state index in [4.69, 9.17) is 4.74 Å². The van der Waals surface area contributed by atoms with Gasteiger partial charge >= 0.3 is 0 Å². The lowest BCUT2D eigenvalue weighted by molar-refractivity contribution is -0.118. The minimum Gasteiger partial charge on any atom is -0.484 e. The Kier molecular flexibility index (Phi) is 7.70. The average molecular weight is 472 g/mol. The first-order valence-corrected chi connectivity index (χ1v) is 12.2. The lowest BCUT2D eigenvalue weighted by Gasteiger charge is -2.36. The van der Waals surface area contributed by atoms with E-state index in [1.54, 1.807) is 0 Å². The van der Waals surface area contributed by atoms with E-state index < -0.39 is 0 Å². The number of hydrogen-bond acceptors (Lipinski definition) is 4. The van der Waals surface area contributed by atoms with Gasteiger partial charge in [-0.15, -0.1) is 0 Å². The molecule has 1 N–H and O–H groups in total. The molecule has 1 aliphatic heterocycles. The van der Waals surface area contributed by atoms with E-state index in [-0.39, 0.29) is 18.4 Å². The monoisotopic (exact) mass is 471 g/mol. The fourth-order valence-electron chi connectivity index (χ4n) is 4.35. The van der Waals surface area contributed by atoms with E-state index in [0.29, 0.717) is 18.8 Å². The van der Waals surface area contributed by atoms with Crippen LogP contribution in [0.2, 0.25) is 0 Å². The topological polar surface area (TPSA) is 61.9 Å². The molecule has 3 aromatic rings. The summed E-state index contributed by atoms with van der Waals surface area (Å²) in [6, 6.07) is 21.6. The van der Waals surface area contributed by atoms with Crippen LogP contribution in [0.1, 0.15) is 34.0 Å². The minimum absolute atomic E-state index is 0.0399. The van der Waals surface area contributed by atoms with E-state index in [1.807, 2.05) is 79.4 Å². The molecule has 2 amide bonds. The van der Waals surface area contributed by atoms with Crippen molar-refractivity contribution >= 4 is 23.2 Å². The second kappa shape index (κ2) is 11.1. The summed E-state index contributed by atoms with van der Waals surface area (Å²) in [6.45, 7) is 8.99. The fourth-order valence-corrected chi connectivity index (χ4v) is 4.35. The number of nitrogens with zero attached hydrogens (tertiary/aromatic N) is 2. The van der Waals surface area contributed by atoms with E-state index in [0.717, 1.165) is 47.6 Å². The number of rotatable bonds is 7. The van der Waals surface area contributed by atoms with Gasteiger partial charge in [0.15, 0.2) is 6.61 Å². The molecule has 0 saturated carbocycles. The average Bonchev–Trinajstić information content (AvgIpc) is 2.87. The fraction of sp³-hybridized carbons (Fsp3) is 0.310. The maximum absolute atomic E-state index is 12.8. The Morgan fingerprint density at radius 3 is 2.09 bits per heavy atom. The molecule has 1 heterocycles. The van der Waals surface area contributed by atoms with Crippen LogP contribution >= 0.6 is 0 Å². The molecular weight excluding hydrogens is 438 g/mol. The maximum Gasteiger partial charge on any atom is 0.262 e. The molecule has 3 aromatic carbocycles. The number of aryl methyl sites for hydroxylation is 3. The van der Waals surface area contributed by atoms with Crippen LogP contribution < -0.4 is 15.0 Å². The third-order valence-electron chi connectivity index (χ3n) is 6.26. The van der Waals surface area contributed by atoms with Gasteiger partial charge in [-0.25, -0.2) is 0 Å². The summed E-state index contributed by atoms with van der Waals surface area (Å²) in [6.07, 6.45) is 0.969. The molecule has 0 aromatic heterocycles. The molecule has 0 atom stereocenters. The van der Waals surface area contributed by atoms with Crippen LogP contribution in [0.15, 0.2) is 66.7 Å². The molecule has 0 unspecified atom stereocenters. The molecule has 1 saturated heterocycles. The summed E-state index contributed by atoms with van der Waals surface area (Å²) in [5.41, 5.74) is 6.00. The van der Waals surface area contributed by atoms with Gasteiger partial charge in [0.2, 0.25) is 0 Å². The highest BCUT2D eigenvalue weighted by atomic mass is 16.5. The molecule has 1 fully saturated rings. The number of ether oxygens (including phenoxy) is 1. The van der Waals surface area contributed by atoms with Gasteiger partial charge in [-0.1, -0.05) is 25.1 Å². The van der Waals surface area contributed by atoms with Gasteiger partial charge in [0.25, 0.3) is 11.8 Å². The lowest BCUT2D eigenvalue weighted by Crippen LogP contribution is -2.48. The van der Waals surface area contributed by atoms with Gasteiger partial charge < -0.3 is 19.9 Å². The minimum atomic E-state index is -0.198. The summed E-state index contributed by atoms with van der Waals surface area (Å²) in [5.74, 6) is 0.591. The molecule has 35 heavy (non-hydrogen) atoms. The first-order valence-electron chi connectivity index (χ1n) is 12.2. The predicted molar refractivity (Wildman–Crippen MR) is 140 cm³/mol. The van der Waals surface area contributed by atoms with E-state index >= 15 is 0 Å². The third kappa shape index (κ3) is 6.41. The lowest BCUT2D eigenvalue weighted by atomic mass is 10.1. The SMILES string of the molecule is CCc1ccc(C(=O)N2CCN(c3ccc(NC(=O)COc4cc(C)cc(C)c4)cc3)CC2)cc1. The first-order chi connectivity index (χ1) is 16.9. The van der Waals surface area contributed by atoms with Crippen molar-refractivity contribution in [3.8, 4) is 5.75 Å². The Hall–Kier alpha value is -3.80. The van der Waals surface area contributed by atoms with Gasteiger partial charge in [0.1, 0.15) is 5.75 Å². The van der Waals surface area contributed by atoms with Crippen LogP contribution in [0, 0.1) is 13.8 Å². The number of carbonyl (C=O) groups is 2. The Bertz CT molecular complexity index is 1140. The summed E-state index contributed by atoms with van der Waals surface area (Å²) in [4.78, 5) is 29.3. The first kappa shape index (κ1) is 24.3. The number of amides is 2. The van der Waals surface area contributed by atoms with Gasteiger partial charge in [-0.3, -0.25) is 9.59 Å². The maximum atomic E-state index is 12.8. The molecule has 1 aliphatic rings. The smallest absolute Gasteiger partial charge is 0.262 e. The van der Waals surface area contributed by atoms with Crippen molar-refractivity contribution in [2.45, 2.75) is 27.2 Å². The van der Waals surface area contributed by atoms with Gasteiger partial charge in [-0.05, 0) is 85.5 Å². The number of nitrogens with one attached hydrogen (secondary N) is 1. The van der Waals surface area contributed by atoms with Crippen LogP contribution in [0.4, 0.5) is 11.4 Å². The molecule has 0 aliphatic carbocycles. The molecular formula is C29H33N3O3. The molecule has 0 spiro atoms. The normalized spacial score (nSPS) is 13.5. The van der Waals surface area contributed by atoms with Crippen molar-refractivity contribution in [1.82, 2.24) is 4.90 Å². The highest BCUT2D eigenvalue weighted by Gasteiger charge is 2.22. The Labute approximate surface area is 207 Å². The molecule has 0 radical (unpaired) electrons. The van der Waals surface area contributed by atoms with E-state index in [9.17, 15) is 9.59 Å². The standard InChI is InChI=1S/C29H33N3O3/c1-4-23-5-7-24(8-6-23)29(34)32-15-13-31(14-16-32)26-11-9-25(10-12-26)30-28(33)20-35-27-18-21(2)17-22(3)19-27/h5-12,17-19H,4,13-16,20H2,1-3H3,(H,30,33). The summed E-state index contributed by atoms with van der Waals surface area (Å²) < 4.78 is 5.64. The van der Waals surface area contributed by atoms with Crippen molar-refractivity contribution in [3.05, 3.63) is 89.0 Å². The van der Waals surface area contributed by atoms with Gasteiger partial charge in [0.05, 0.1) is 0 Å². The molecule has 0 bridgehead atoms. The third-order valence-corrected chi connectivity index (χ3v) is 6.26. The molecule has 6 heteroatoms. The second-order valence-corrected chi connectivity index (χ2v) is 9.04. The zero-order chi connectivity index (χ0) is 24.8. The highest BCUT2D eigenvalue weighted by molar-refractivity contribution is 5.94. The van der Waals surface area contributed by atoms with Gasteiger partial charge in [-0.2, -0.15) is 0 Å². The van der Waals surface area contributed by atoms with Crippen LogP contribution in [-0.2, 0) is 11.2 Å². The number of anilines is 2. The zero-order valence-corrected chi connectivity index (χ0v) is 20.7. The van der Waals surface area contributed by atoms with Crippen LogP contribution in [-0.4, -0.2) is 49.5 Å². The molecule has 4 rings (SSSR count). The van der Waals surface area contributed by atoms with Crippen LogP contribution in [0.25, 0.3) is 0 Å². The molecule has 182 valence electrons. The number of carbonyl (C=O) groups excluding carboxylic acids is 2. The summed E-state index contributed by atoms with van der Waals surface area (Å²) in [7, 11) is 0. The van der Waals surface area contributed by atoms with Crippen LogP contribution in [0.3, 0.4) is 0 Å².